The Labute approximate surface area is 102 Å². The lowest BCUT2D eigenvalue weighted by Gasteiger charge is -2.06. The Morgan fingerprint density at radius 2 is 2.28 bits per heavy atom. The first-order valence-electron chi connectivity index (χ1n) is 5.14. The van der Waals surface area contributed by atoms with Crippen molar-refractivity contribution in [2.24, 2.45) is 0 Å². The molecule has 0 bridgehead atoms. The Morgan fingerprint density at radius 3 is 2.89 bits per heavy atom. The van der Waals surface area contributed by atoms with Crippen LogP contribution in [0.4, 0.5) is 10.5 Å². The van der Waals surface area contributed by atoms with Gasteiger partial charge in [-0.05, 0) is 18.6 Å². The number of aliphatic hydroxyl groups excluding tert-OH is 1. The fraction of sp³-hybridized carbons (Fsp3) is 0.182. The average molecular weight is 249 g/mol. The number of rotatable bonds is 3. The molecule has 2 rings (SSSR count). The second-order valence-electron chi connectivity index (χ2n) is 3.63. The summed E-state index contributed by atoms with van der Waals surface area (Å²) in [5.41, 5.74) is 1.84. The van der Waals surface area contributed by atoms with Crippen LogP contribution < -0.4 is 5.32 Å². The molecule has 0 aliphatic rings. The molecule has 0 aliphatic carbocycles. The number of carboxylic acid groups (broad SMARTS) is 1. The predicted octanol–water partition coefficient (Wildman–Crippen LogP) is 1.63. The highest BCUT2D eigenvalue weighted by Gasteiger charge is 2.10. The van der Waals surface area contributed by atoms with E-state index < -0.39 is 6.09 Å². The van der Waals surface area contributed by atoms with Crippen molar-refractivity contribution in [3.8, 4) is 11.4 Å². The van der Waals surface area contributed by atoms with E-state index in [4.69, 9.17) is 14.7 Å². The molecule has 0 aliphatic heterocycles. The van der Waals surface area contributed by atoms with Crippen LogP contribution in [-0.4, -0.2) is 26.4 Å². The molecule has 0 atom stereocenters. The van der Waals surface area contributed by atoms with Gasteiger partial charge in [-0.15, -0.1) is 0 Å². The number of benzene rings is 1. The van der Waals surface area contributed by atoms with Crippen LogP contribution in [0.5, 0.6) is 0 Å². The van der Waals surface area contributed by atoms with Gasteiger partial charge in [-0.3, -0.25) is 5.32 Å². The van der Waals surface area contributed by atoms with Crippen LogP contribution in [0.15, 0.2) is 22.7 Å². The van der Waals surface area contributed by atoms with Crippen molar-refractivity contribution in [1.82, 2.24) is 10.1 Å². The Kier molecular flexibility index (Phi) is 3.24. The third kappa shape index (κ3) is 2.46. The van der Waals surface area contributed by atoms with Crippen molar-refractivity contribution in [3.05, 3.63) is 29.7 Å². The zero-order valence-electron chi connectivity index (χ0n) is 9.54. The smallest absolute Gasteiger partial charge is 0.409 e. The van der Waals surface area contributed by atoms with E-state index in [0.717, 1.165) is 5.56 Å². The van der Waals surface area contributed by atoms with Gasteiger partial charge in [0, 0.05) is 11.3 Å². The van der Waals surface area contributed by atoms with E-state index in [0.29, 0.717) is 17.1 Å². The minimum absolute atomic E-state index is 0.110. The maximum Gasteiger partial charge on any atom is 0.409 e. The normalized spacial score (nSPS) is 10.3. The van der Waals surface area contributed by atoms with Crippen molar-refractivity contribution in [3.63, 3.8) is 0 Å². The molecule has 0 fully saturated rings. The predicted molar refractivity (Wildman–Crippen MR) is 62.0 cm³/mol. The van der Waals surface area contributed by atoms with Gasteiger partial charge in [0.25, 0.3) is 5.89 Å². The number of nitrogens with one attached hydrogen (secondary N) is 1. The fourth-order valence-corrected chi connectivity index (χ4v) is 1.45. The first-order chi connectivity index (χ1) is 8.60. The summed E-state index contributed by atoms with van der Waals surface area (Å²) in [6, 6.07) is 5.10. The first kappa shape index (κ1) is 12.1. The van der Waals surface area contributed by atoms with Crippen LogP contribution in [0.3, 0.4) is 0 Å². The van der Waals surface area contributed by atoms with Gasteiger partial charge in [-0.1, -0.05) is 17.3 Å². The van der Waals surface area contributed by atoms with E-state index in [1.54, 1.807) is 25.1 Å². The number of hydrogen-bond donors (Lipinski definition) is 3. The Morgan fingerprint density at radius 1 is 1.50 bits per heavy atom. The Bertz CT molecular complexity index is 579. The lowest BCUT2D eigenvalue weighted by atomic mass is 10.1. The summed E-state index contributed by atoms with van der Waals surface area (Å²) in [5, 5.41) is 23.5. The number of anilines is 1. The van der Waals surface area contributed by atoms with E-state index in [2.05, 4.69) is 15.5 Å². The molecule has 1 heterocycles. The molecule has 1 aromatic heterocycles. The molecule has 94 valence electrons. The standard InChI is InChI=1S/C11H11N3O4/c1-6-2-3-7(4-8(6)12-11(16)17)10-13-9(5-15)18-14-10/h2-4,12,15H,5H2,1H3,(H,16,17). The Hall–Kier alpha value is -2.41. The van der Waals surface area contributed by atoms with Crippen molar-refractivity contribution >= 4 is 11.8 Å². The third-order valence-corrected chi connectivity index (χ3v) is 2.34. The summed E-state index contributed by atoms with van der Waals surface area (Å²) in [4.78, 5) is 14.6. The maximum atomic E-state index is 10.6. The number of hydrogen-bond acceptors (Lipinski definition) is 5. The highest BCUT2D eigenvalue weighted by atomic mass is 16.5. The molecule has 18 heavy (non-hydrogen) atoms. The molecule has 7 heteroatoms. The number of nitrogens with zero attached hydrogens (tertiary/aromatic N) is 2. The molecular formula is C11H11N3O4. The summed E-state index contributed by atoms with van der Waals surface area (Å²) in [5.74, 6) is 0.408. The summed E-state index contributed by atoms with van der Waals surface area (Å²) < 4.78 is 4.77. The van der Waals surface area contributed by atoms with Crippen molar-refractivity contribution < 1.29 is 19.5 Å². The molecule has 0 spiro atoms. The minimum atomic E-state index is -1.14. The van der Waals surface area contributed by atoms with E-state index in [1.165, 1.54) is 0 Å². The van der Waals surface area contributed by atoms with E-state index in [9.17, 15) is 4.79 Å². The van der Waals surface area contributed by atoms with E-state index >= 15 is 0 Å². The van der Waals surface area contributed by atoms with Crippen molar-refractivity contribution in [2.75, 3.05) is 5.32 Å². The number of aromatic nitrogens is 2. The third-order valence-electron chi connectivity index (χ3n) is 2.34. The second kappa shape index (κ2) is 4.84. The van der Waals surface area contributed by atoms with Gasteiger partial charge in [0.15, 0.2) is 0 Å². The number of carbonyl (C=O) groups is 1. The van der Waals surface area contributed by atoms with Gasteiger partial charge in [-0.2, -0.15) is 4.98 Å². The zero-order chi connectivity index (χ0) is 13.1. The molecule has 0 unspecified atom stereocenters. The lowest BCUT2D eigenvalue weighted by Crippen LogP contribution is -2.08. The molecule has 0 saturated heterocycles. The molecule has 3 N–H and O–H groups in total. The van der Waals surface area contributed by atoms with Gasteiger partial charge in [0.1, 0.15) is 6.61 Å². The van der Waals surface area contributed by atoms with Crippen LogP contribution in [0.1, 0.15) is 11.5 Å². The van der Waals surface area contributed by atoms with E-state index in [-0.39, 0.29) is 12.5 Å². The molecule has 1 aromatic carbocycles. The first-order valence-corrected chi connectivity index (χ1v) is 5.14. The molecule has 0 saturated carbocycles. The largest absolute Gasteiger partial charge is 0.465 e. The van der Waals surface area contributed by atoms with Gasteiger partial charge in [0.2, 0.25) is 5.82 Å². The molecule has 2 aromatic rings. The van der Waals surface area contributed by atoms with Gasteiger partial charge in [-0.25, -0.2) is 4.79 Å². The number of aliphatic hydroxyl groups is 1. The minimum Gasteiger partial charge on any atom is -0.465 e. The summed E-state index contributed by atoms with van der Waals surface area (Å²) in [6.45, 7) is 1.45. The second-order valence-corrected chi connectivity index (χ2v) is 3.63. The van der Waals surface area contributed by atoms with Crippen molar-refractivity contribution in [1.29, 1.82) is 0 Å². The van der Waals surface area contributed by atoms with Gasteiger partial charge < -0.3 is 14.7 Å². The van der Waals surface area contributed by atoms with Crippen LogP contribution >= 0.6 is 0 Å². The van der Waals surface area contributed by atoms with E-state index in [1.807, 2.05) is 0 Å². The summed E-state index contributed by atoms with van der Waals surface area (Å²) in [6.07, 6.45) is -1.14. The summed E-state index contributed by atoms with van der Waals surface area (Å²) in [7, 11) is 0. The highest BCUT2D eigenvalue weighted by Crippen LogP contribution is 2.23. The highest BCUT2D eigenvalue weighted by molar-refractivity contribution is 5.85. The molecule has 1 amide bonds. The lowest BCUT2D eigenvalue weighted by molar-refractivity contribution is 0.209. The SMILES string of the molecule is Cc1ccc(-c2noc(CO)n2)cc1NC(=O)O. The molecule has 7 nitrogen and oxygen atoms in total. The zero-order valence-corrected chi connectivity index (χ0v) is 9.54. The summed E-state index contributed by atoms with van der Waals surface area (Å²) >= 11 is 0. The number of aryl methyl sites for hydroxylation is 1. The topological polar surface area (TPSA) is 108 Å². The number of amides is 1. The monoisotopic (exact) mass is 249 g/mol. The Balaban J connectivity index is 2.36. The van der Waals surface area contributed by atoms with Crippen LogP contribution in [0, 0.1) is 6.92 Å². The quantitative estimate of drug-likeness (QED) is 0.762. The maximum absolute atomic E-state index is 10.6. The molecule has 0 radical (unpaired) electrons. The van der Waals surface area contributed by atoms with Crippen molar-refractivity contribution in [2.45, 2.75) is 13.5 Å². The van der Waals surface area contributed by atoms with Gasteiger partial charge >= 0.3 is 6.09 Å². The van der Waals surface area contributed by atoms with Gasteiger partial charge in [0.05, 0.1) is 0 Å². The average Bonchev–Trinajstić information content (AvgIpc) is 2.80. The van der Waals surface area contributed by atoms with Crippen LogP contribution in [0.25, 0.3) is 11.4 Å². The van der Waals surface area contributed by atoms with Crippen LogP contribution in [0.2, 0.25) is 0 Å². The fourth-order valence-electron chi connectivity index (χ4n) is 1.45. The van der Waals surface area contributed by atoms with Crippen LogP contribution in [-0.2, 0) is 6.61 Å². The molecular weight excluding hydrogens is 238 g/mol.